The zero-order chi connectivity index (χ0) is 6.81. The highest BCUT2D eigenvalue weighted by Crippen LogP contribution is 2.05. The molecular weight excluding hydrogens is 130 g/mol. The number of hydrogen-bond donors (Lipinski definition) is 2. The van der Waals surface area contributed by atoms with E-state index in [4.69, 9.17) is 0 Å². The summed E-state index contributed by atoms with van der Waals surface area (Å²) in [6, 6.07) is 0. The van der Waals surface area contributed by atoms with Crippen LogP contribution >= 0.6 is 0 Å². The number of nitrogens with zero attached hydrogens (tertiary/aromatic N) is 3. The fourth-order valence-corrected chi connectivity index (χ4v) is 0.723. The Balaban J connectivity index is 2.48. The van der Waals surface area contributed by atoms with Crippen molar-refractivity contribution in [1.82, 2.24) is 25.4 Å². The van der Waals surface area contributed by atoms with Crippen LogP contribution in [0.25, 0.3) is 11.5 Å². The highest BCUT2D eigenvalue weighted by atomic mass is 15.3. The second kappa shape index (κ2) is 1.94. The number of aromatic nitrogens is 5. The van der Waals surface area contributed by atoms with E-state index in [2.05, 4.69) is 25.4 Å². The van der Waals surface area contributed by atoms with Crippen LogP contribution in [0, 0.1) is 0 Å². The summed E-state index contributed by atoms with van der Waals surface area (Å²) in [6.07, 6.45) is 5.09. The van der Waals surface area contributed by atoms with Crippen LogP contribution in [-0.2, 0) is 0 Å². The summed E-state index contributed by atoms with van der Waals surface area (Å²) in [5.41, 5.74) is 0.727. The smallest absolute Gasteiger partial charge is 0.159 e. The lowest BCUT2D eigenvalue weighted by Crippen LogP contribution is -1.78. The number of hydrogen-bond acceptors (Lipinski definition) is 3. The summed E-state index contributed by atoms with van der Waals surface area (Å²) in [6.45, 7) is 0. The predicted molar refractivity (Wildman–Crippen MR) is 34.0 cm³/mol. The molecule has 0 aliphatic heterocycles. The van der Waals surface area contributed by atoms with Gasteiger partial charge in [-0.05, 0) is 0 Å². The van der Waals surface area contributed by atoms with Crippen molar-refractivity contribution < 1.29 is 0 Å². The number of H-pyrrole nitrogens is 2. The molecule has 2 rings (SSSR count). The number of aromatic amines is 2. The Morgan fingerprint density at radius 2 is 2.40 bits per heavy atom. The van der Waals surface area contributed by atoms with E-state index in [1.807, 2.05) is 0 Å². The molecule has 2 aromatic heterocycles. The summed E-state index contributed by atoms with van der Waals surface area (Å²) >= 11 is 0. The first-order valence-corrected chi connectivity index (χ1v) is 2.83. The van der Waals surface area contributed by atoms with Crippen molar-refractivity contribution in [2.75, 3.05) is 0 Å². The van der Waals surface area contributed by atoms with Crippen LogP contribution in [0.1, 0.15) is 0 Å². The SMILES string of the molecule is c1c[nH]c(-c2c[nH]nn2)n1. The average molecular weight is 135 g/mol. The molecule has 0 saturated carbocycles. The standard InChI is InChI=1S/C5H5N5/c1-2-7-5(6-1)4-3-8-10-9-4/h1-3H,(H,6,7)(H,8,9,10). The first-order chi connectivity index (χ1) is 4.97. The first kappa shape index (κ1) is 5.16. The summed E-state index contributed by atoms with van der Waals surface area (Å²) in [4.78, 5) is 6.89. The van der Waals surface area contributed by atoms with E-state index in [1.165, 1.54) is 0 Å². The molecule has 0 amide bonds. The van der Waals surface area contributed by atoms with Crippen LogP contribution in [0.15, 0.2) is 18.6 Å². The van der Waals surface area contributed by atoms with E-state index in [1.54, 1.807) is 18.6 Å². The normalized spacial score (nSPS) is 10.0. The molecule has 0 aliphatic rings. The Morgan fingerprint density at radius 3 is 3.00 bits per heavy atom. The minimum Gasteiger partial charge on any atom is -0.343 e. The molecule has 2 heterocycles. The van der Waals surface area contributed by atoms with Crippen molar-refractivity contribution in [3.8, 4) is 11.5 Å². The summed E-state index contributed by atoms with van der Waals surface area (Å²) in [7, 11) is 0. The van der Waals surface area contributed by atoms with Crippen LogP contribution in [0.5, 0.6) is 0 Å². The van der Waals surface area contributed by atoms with Gasteiger partial charge in [-0.2, -0.15) is 0 Å². The van der Waals surface area contributed by atoms with Crippen LogP contribution in [0.2, 0.25) is 0 Å². The zero-order valence-electron chi connectivity index (χ0n) is 5.07. The highest BCUT2D eigenvalue weighted by molar-refractivity contribution is 5.45. The zero-order valence-corrected chi connectivity index (χ0v) is 5.07. The molecule has 0 aliphatic carbocycles. The molecule has 10 heavy (non-hydrogen) atoms. The molecule has 5 nitrogen and oxygen atoms in total. The van der Waals surface area contributed by atoms with E-state index in [0.717, 1.165) is 11.5 Å². The Morgan fingerprint density at radius 1 is 1.40 bits per heavy atom. The summed E-state index contributed by atoms with van der Waals surface area (Å²) < 4.78 is 0. The van der Waals surface area contributed by atoms with Crippen LogP contribution in [-0.4, -0.2) is 25.4 Å². The quantitative estimate of drug-likeness (QED) is 0.586. The molecule has 0 aromatic carbocycles. The lowest BCUT2D eigenvalue weighted by Gasteiger charge is -1.82. The molecule has 50 valence electrons. The fraction of sp³-hybridized carbons (Fsp3) is 0. The maximum atomic E-state index is 3.98. The number of nitrogens with one attached hydrogen (secondary N) is 2. The van der Waals surface area contributed by atoms with E-state index in [0.29, 0.717) is 0 Å². The predicted octanol–water partition coefficient (Wildman–Crippen LogP) is 0.195. The molecule has 0 fully saturated rings. The molecule has 5 heteroatoms. The van der Waals surface area contributed by atoms with Gasteiger partial charge in [-0.25, -0.2) is 4.98 Å². The maximum absolute atomic E-state index is 3.98. The van der Waals surface area contributed by atoms with Gasteiger partial charge in [0.05, 0.1) is 6.20 Å². The lowest BCUT2D eigenvalue weighted by molar-refractivity contribution is 0.939. The summed E-state index contributed by atoms with van der Waals surface area (Å²) in [5, 5.41) is 9.90. The topological polar surface area (TPSA) is 70.2 Å². The molecule has 0 spiro atoms. The molecule has 0 unspecified atom stereocenters. The van der Waals surface area contributed by atoms with Crippen molar-refractivity contribution in [2.45, 2.75) is 0 Å². The second-order valence-electron chi connectivity index (χ2n) is 1.80. The minimum atomic E-state index is 0.727. The number of imidazole rings is 1. The van der Waals surface area contributed by atoms with Gasteiger partial charge in [0.2, 0.25) is 0 Å². The maximum Gasteiger partial charge on any atom is 0.159 e. The molecule has 0 atom stereocenters. The highest BCUT2D eigenvalue weighted by Gasteiger charge is 1.99. The molecule has 2 aromatic rings. The van der Waals surface area contributed by atoms with Crippen LogP contribution in [0.3, 0.4) is 0 Å². The third-order valence-electron chi connectivity index (χ3n) is 1.16. The number of rotatable bonds is 1. The van der Waals surface area contributed by atoms with Crippen LogP contribution < -0.4 is 0 Å². The summed E-state index contributed by atoms with van der Waals surface area (Å²) in [5.74, 6) is 0.730. The van der Waals surface area contributed by atoms with E-state index in [9.17, 15) is 0 Å². The van der Waals surface area contributed by atoms with E-state index >= 15 is 0 Å². The largest absolute Gasteiger partial charge is 0.343 e. The van der Waals surface area contributed by atoms with Gasteiger partial charge in [0.1, 0.15) is 5.69 Å². The second-order valence-corrected chi connectivity index (χ2v) is 1.80. The van der Waals surface area contributed by atoms with Gasteiger partial charge < -0.3 is 4.98 Å². The molecule has 0 radical (unpaired) electrons. The Kier molecular flexibility index (Phi) is 1.00. The van der Waals surface area contributed by atoms with Gasteiger partial charge in [0, 0.05) is 12.4 Å². The van der Waals surface area contributed by atoms with Gasteiger partial charge in [-0.15, -0.1) is 5.10 Å². The van der Waals surface area contributed by atoms with Gasteiger partial charge in [0.15, 0.2) is 5.82 Å². The molecular formula is C5H5N5. The Hall–Kier alpha value is -1.65. The van der Waals surface area contributed by atoms with Crippen molar-refractivity contribution in [3.05, 3.63) is 18.6 Å². The third-order valence-corrected chi connectivity index (χ3v) is 1.16. The van der Waals surface area contributed by atoms with E-state index < -0.39 is 0 Å². The van der Waals surface area contributed by atoms with Crippen molar-refractivity contribution in [2.24, 2.45) is 0 Å². The van der Waals surface area contributed by atoms with Gasteiger partial charge in [-0.3, -0.25) is 5.10 Å². The van der Waals surface area contributed by atoms with Gasteiger partial charge >= 0.3 is 0 Å². The van der Waals surface area contributed by atoms with Gasteiger partial charge in [-0.1, -0.05) is 5.21 Å². The average Bonchev–Trinajstić information content (AvgIpc) is 2.59. The Labute approximate surface area is 56.5 Å². The monoisotopic (exact) mass is 135 g/mol. The third kappa shape index (κ3) is 0.680. The lowest BCUT2D eigenvalue weighted by atomic mass is 10.5. The fourth-order valence-electron chi connectivity index (χ4n) is 0.723. The minimum absolute atomic E-state index is 0.727. The first-order valence-electron chi connectivity index (χ1n) is 2.83. The van der Waals surface area contributed by atoms with E-state index in [-0.39, 0.29) is 0 Å². The van der Waals surface area contributed by atoms with Gasteiger partial charge in [0.25, 0.3) is 0 Å². The van der Waals surface area contributed by atoms with Crippen molar-refractivity contribution >= 4 is 0 Å². The molecule has 0 bridgehead atoms. The van der Waals surface area contributed by atoms with Crippen molar-refractivity contribution in [3.63, 3.8) is 0 Å². The molecule has 0 saturated heterocycles. The van der Waals surface area contributed by atoms with Crippen molar-refractivity contribution in [1.29, 1.82) is 0 Å². The molecule has 2 N–H and O–H groups in total. The van der Waals surface area contributed by atoms with Crippen LogP contribution in [0.4, 0.5) is 0 Å². The Bertz CT molecular complexity index is 249.